The van der Waals surface area contributed by atoms with Gasteiger partial charge in [0.2, 0.25) is 0 Å². The van der Waals surface area contributed by atoms with E-state index < -0.39 is 5.60 Å². The average molecular weight is 301 g/mol. The first kappa shape index (κ1) is 18.2. The zero-order chi connectivity index (χ0) is 15.9. The molecule has 0 saturated carbocycles. The SMILES string of the molecule is CCC1(OCCCCOC)CCN(C(=O)OC(C)(C)C)C1. The van der Waals surface area contributed by atoms with Gasteiger partial charge in [0, 0.05) is 26.9 Å². The Kier molecular flexibility index (Phi) is 6.94. The van der Waals surface area contributed by atoms with Crippen LogP contribution in [0.3, 0.4) is 0 Å². The molecule has 1 atom stereocenters. The second kappa shape index (κ2) is 7.99. The molecule has 0 aromatic rings. The van der Waals surface area contributed by atoms with E-state index in [1.54, 1.807) is 12.0 Å². The highest BCUT2D eigenvalue weighted by molar-refractivity contribution is 5.68. The van der Waals surface area contributed by atoms with Crippen molar-refractivity contribution >= 4 is 6.09 Å². The minimum Gasteiger partial charge on any atom is -0.444 e. The lowest BCUT2D eigenvalue weighted by Gasteiger charge is -2.29. The fourth-order valence-corrected chi connectivity index (χ4v) is 2.47. The molecule has 5 nitrogen and oxygen atoms in total. The van der Waals surface area contributed by atoms with Crippen molar-refractivity contribution in [3.05, 3.63) is 0 Å². The molecule has 0 radical (unpaired) electrons. The van der Waals surface area contributed by atoms with Crippen LogP contribution in [0.1, 0.15) is 53.4 Å². The molecule has 0 aromatic carbocycles. The lowest BCUT2D eigenvalue weighted by atomic mass is 10.00. The van der Waals surface area contributed by atoms with Gasteiger partial charge in [-0.05, 0) is 46.5 Å². The van der Waals surface area contributed by atoms with Crippen LogP contribution in [0.4, 0.5) is 4.79 Å². The Morgan fingerprint density at radius 3 is 2.48 bits per heavy atom. The van der Waals surface area contributed by atoms with Gasteiger partial charge in [0.05, 0.1) is 12.1 Å². The Balaban J connectivity index is 2.42. The third-order valence-electron chi connectivity index (χ3n) is 3.76. The van der Waals surface area contributed by atoms with Crippen molar-refractivity contribution in [1.82, 2.24) is 4.90 Å². The van der Waals surface area contributed by atoms with E-state index in [4.69, 9.17) is 14.2 Å². The predicted molar refractivity (Wildman–Crippen MR) is 82.5 cm³/mol. The lowest BCUT2D eigenvalue weighted by Crippen LogP contribution is -2.40. The van der Waals surface area contributed by atoms with E-state index in [1.165, 1.54) is 0 Å². The molecule has 1 heterocycles. The first-order valence-corrected chi connectivity index (χ1v) is 7.93. The van der Waals surface area contributed by atoms with Crippen molar-refractivity contribution in [2.45, 2.75) is 64.6 Å². The number of carbonyl (C=O) groups excluding carboxylic acids is 1. The van der Waals surface area contributed by atoms with Crippen LogP contribution in [0, 0.1) is 0 Å². The highest BCUT2D eigenvalue weighted by atomic mass is 16.6. The lowest BCUT2D eigenvalue weighted by molar-refractivity contribution is -0.0448. The van der Waals surface area contributed by atoms with Crippen LogP contribution in [0.25, 0.3) is 0 Å². The summed E-state index contributed by atoms with van der Waals surface area (Å²) in [6, 6.07) is 0. The van der Waals surface area contributed by atoms with Gasteiger partial charge in [0.1, 0.15) is 5.60 Å². The molecule has 0 bridgehead atoms. The summed E-state index contributed by atoms with van der Waals surface area (Å²) in [6.07, 6.45) is 3.55. The van der Waals surface area contributed by atoms with Gasteiger partial charge in [0.15, 0.2) is 0 Å². The average Bonchev–Trinajstić information content (AvgIpc) is 2.82. The largest absolute Gasteiger partial charge is 0.444 e. The number of carbonyl (C=O) groups is 1. The van der Waals surface area contributed by atoms with Crippen molar-refractivity contribution in [2.75, 3.05) is 33.4 Å². The van der Waals surface area contributed by atoms with Crippen LogP contribution in [0.5, 0.6) is 0 Å². The smallest absolute Gasteiger partial charge is 0.410 e. The number of amides is 1. The predicted octanol–water partition coefficient (Wildman–Crippen LogP) is 3.22. The quantitative estimate of drug-likeness (QED) is 0.677. The molecule has 1 amide bonds. The second-order valence-corrected chi connectivity index (χ2v) is 6.74. The summed E-state index contributed by atoms with van der Waals surface area (Å²) in [5.41, 5.74) is -0.653. The molecule has 0 N–H and O–H groups in total. The van der Waals surface area contributed by atoms with Gasteiger partial charge in [0.25, 0.3) is 0 Å². The van der Waals surface area contributed by atoms with Crippen molar-refractivity contribution in [3.63, 3.8) is 0 Å². The normalized spacial score (nSPS) is 22.6. The first-order chi connectivity index (χ1) is 9.82. The summed E-state index contributed by atoms with van der Waals surface area (Å²) >= 11 is 0. The van der Waals surface area contributed by atoms with E-state index in [1.807, 2.05) is 20.8 Å². The molecule has 124 valence electrons. The number of rotatable bonds is 7. The van der Waals surface area contributed by atoms with E-state index in [9.17, 15) is 4.79 Å². The fraction of sp³-hybridized carbons (Fsp3) is 0.938. The van der Waals surface area contributed by atoms with E-state index in [-0.39, 0.29) is 11.7 Å². The zero-order valence-electron chi connectivity index (χ0n) is 14.2. The van der Waals surface area contributed by atoms with E-state index in [0.717, 1.165) is 38.9 Å². The summed E-state index contributed by atoms with van der Waals surface area (Å²) in [5, 5.41) is 0. The molecule has 1 unspecified atom stereocenters. The van der Waals surface area contributed by atoms with Crippen molar-refractivity contribution in [2.24, 2.45) is 0 Å². The molecule has 0 spiro atoms. The maximum atomic E-state index is 12.1. The Bertz CT molecular complexity index is 327. The van der Waals surface area contributed by atoms with Gasteiger partial charge >= 0.3 is 6.09 Å². The molecule has 5 heteroatoms. The number of nitrogens with zero attached hydrogens (tertiary/aromatic N) is 1. The van der Waals surface area contributed by atoms with E-state index in [2.05, 4.69) is 6.92 Å². The maximum Gasteiger partial charge on any atom is 0.410 e. The Morgan fingerprint density at radius 1 is 1.24 bits per heavy atom. The van der Waals surface area contributed by atoms with E-state index in [0.29, 0.717) is 13.1 Å². The van der Waals surface area contributed by atoms with Gasteiger partial charge < -0.3 is 19.1 Å². The number of methoxy groups -OCH3 is 1. The van der Waals surface area contributed by atoms with Gasteiger partial charge in [-0.1, -0.05) is 6.92 Å². The highest BCUT2D eigenvalue weighted by Crippen LogP contribution is 2.30. The molecule has 1 saturated heterocycles. The molecule has 1 rings (SSSR count). The number of unbranched alkanes of at least 4 members (excludes halogenated alkanes) is 1. The Morgan fingerprint density at radius 2 is 1.90 bits per heavy atom. The number of likely N-dealkylation sites (tertiary alicyclic amines) is 1. The molecule has 0 aromatic heterocycles. The van der Waals surface area contributed by atoms with E-state index >= 15 is 0 Å². The van der Waals surface area contributed by atoms with Crippen LogP contribution in [-0.2, 0) is 14.2 Å². The third kappa shape index (κ3) is 6.22. The highest BCUT2D eigenvalue weighted by Gasteiger charge is 2.40. The standard InChI is InChI=1S/C16H31NO4/c1-6-16(20-12-8-7-11-19-5)9-10-17(13-16)14(18)21-15(2,3)4/h6-13H2,1-5H3. The molecule has 21 heavy (non-hydrogen) atoms. The van der Waals surface area contributed by atoms with Crippen molar-refractivity contribution in [1.29, 1.82) is 0 Å². The van der Waals surface area contributed by atoms with Gasteiger partial charge in [-0.2, -0.15) is 0 Å². The van der Waals surface area contributed by atoms with Crippen molar-refractivity contribution < 1.29 is 19.0 Å². The molecular formula is C16H31NO4. The Hall–Kier alpha value is -0.810. The molecule has 1 fully saturated rings. The van der Waals surface area contributed by atoms with Gasteiger partial charge in [-0.25, -0.2) is 4.79 Å². The summed E-state index contributed by atoms with van der Waals surface area (Å²) in [6.45, 7) is 10.6. The van der Waals surface area contributed by atoms with Crippen LogP contribution >= 0.6 is 0 Å². The molecule has 0 aliphatic carbocycles. The van der Waals surface area contributed by atoms with Gasteiger partial charge in [-0.15, -0.1) is 0 Å². The third-order valence-corrected chi connectivity index (χ3v) is 3.76. The van der Waals surface area contributed by atoms with Crippen LogP contribution in [0.15, 0.2) is 0 Å². The minimum absolute atomic E-state index is 0.204. The van der Waals surface area contributed by atoms with Crippen LogP contribution < -0.4 is 0 Å². The summed E-state index contributed by atoms with van der Waals surface area (Å²) in [4.78, 5) is 13.9. The second-order valence-electron chi connectivity index (χ2n) is 6.74. The van der Waals surface area contributed by atoms with Crippen molar-refractivity contribution in [3.8, 4) is 0 Å². The summed E-state index contributed by atoms with van der Waals surface area (Å²) in [7, 11) is 1.71. The van der Waals surface area contributed by atoms with Crippen LogP contribution in [0.2, 0.25) is 0 Å². The number of ether oxygens (including phenoxy) is 3. The molecule has 1 aliphatic heterocycles. The topological polar surface area (TPSA) is 48.0 Å². The minimum atomic E-state index is -0.449. The van der Waals surface area contributed by atoms with Crippen LogP contribution in [-0.4, -0.2) is 55.6 Å². The fourth-order valence-electron chi connectivity index (χ4n) is 2.47. The number of hydrogen-bond donors (Lipinski definition) is 0. The Labute approximate surface area is 128 Å². The first-order valence-electron chi connectivity index (χ1n) is 7.93. The number of hydrogen-bond acceptors (Lipinski definition) is 4. The zero-order valence-corrected chi connectivity index (χ0v) is 14.2. The summed E-state index contributed by atoms with van der Waals surface area (Å²) in [5.74, 6) is 0. The molecular weight excluding hydrogens is 270 g/mol. The molecule has 1 aliphatic rings. The maximum absolute atomic E-state index is 12.1. The van der Waals surface area contributed by atoms with Gasteiger partial charge in [-0.3, -0.25) is 0 Å². The summed E-state index contributed by atoms with van der Waals surface area (Å²) < 4.78 is 16.6. The monoisotopic (exact) mass is 301 g/mol.